The summed E-state index contributed by atoms with van der Waals surface area (Å²) in [6.45, 7) is 0. The number of rotatable bonds is 2. The minimum Gasteiger partial charge on any atom is -0.267 e. The van der Waals surface area contributed by atoms with Gasteiger partial charge in [-0.1, -0.05) is 30.3 Å². The molecule has 2 nitrogen and oxygen atoms in total. The van der Waals surface area contributed by atoms with E-state index in [1.54, 1.807) is 36.4 Å². The van der Waals surface area contributed by atoms with Crippen molar-refractivity contribution < 1.29 is 4.79 Å². The monoisotopic (exact) mass is 230 g/mol. The Morgan fingerprint density at radius 2 is 1.69 bits per heavy atom. The molecule has 0 saturated heterocycles. The van der Waals surface area contributed by atoms with Crippen molar-refractivity contribution in [3.05, 3.63) is 66.2 Å². The molecule has 1 radical (unpaired) electrons. The van der Waals surface area contributed by atoms with Crippen LogP contribution in [-0.4, -0.2) is 5.91 Å². The predicted molar refractivity (Wildman–Crippen MR) is 64.4 cm³/mol. The van der Waals surface area contributed by atoms with Crippen LogP contribution in [-0.2, 0) is 0 Å². The van der Waals surface area contributed by atoms with Crippen LogP contribution in [0.5, 0.6) is 0 Å². The lowest BCUT2D eigenvalue weighted by Crippen LogP contribution is -2.20. The van der Waals surface area contributed by atoms with Crippen molar-refractivity contribution >= 4 is 23.4 Å². The van der Waals surface area contributed by atoms with Crippen LogP contribution in [0.1, 0.15) is 10.4 Å². The first-order valence-corrected chi connectivity index (χ1v) is 5.14. The molecular formula is C13H9ClNO. The summed E-state index contributed by atoms with van der Waals surface area (Å²) >= 11 is 5.96. The van der Waals surface area contributed by atoms with Crippen LogP contribution in [0.3, 0.4) is 0 Å². The molecule has 0 saturated carbocycles. The fraction of sp³-hybridized carbons (Fsp3) is 0. The average Bonchev–Trinajstić information content (AvgIpc) is 2.39. The summed E-state index contributed by atoms with van der Waals surface area (Å²) in [4.78, 5) is 11.9. The molecule has 2 aromatic rings. The maximum atomic E-state index is 11.9. The third-order valence-electron chi connectivity index (χ3n) is 2.13. The van der Waals surface area contributed by atoms with Gasteiger partial charge >= 0.3 is 0 Å². The Kier molecular flexibility index (Phi) is 3.22. The van der Waals surface area contributed by atoms with Gasteiger partial charge in [-0.15, -0.1) is 0 Å². The van der Waals surface area contributed by atoms with Crippen LogP contribution in [0.2, 0.25) is 0 Å². The Bertz CT molecular complexity index is 470. The third-order valence-corrected chi connectivity index (χ3v) is 2.48. The van der Waals surface area contributed by atoms with Gasteiger partial charge in [-0.3, -0.25) is 4.79 Å². The summed E-state index contributed by atoms with van der Waals surface area (Å²) in [5, 5.41) is 0. The highest BCUT2D eigenvalue weighted by Gasteiger charge is 2.14. The number of benzene rings is 2. The second-order valence-electron chi connectivity index (χ2n) is 3.21. The Balaban J connectivity index is 2.24. The van der Waals surface area contributed by atoms with E-state index in [-0.39, 0.29) is 5.91 Å². The molecule has 79 valence electrons. The molecule has 0 aliphatic rings. The molecule has 2 aromatic carbocycles. The number of carbonyl (C=O) groups is 1. The SMILES string of the molecule is O=C(c1cc[c]cc1)N(Cl)c1ccccc1. The molecule has 2 rings (SSSR count). The molecule has 0 bridgehead atoms. The van der Waals surface area contributed by atoms with E-state index in [9.17, 15) is 4.79 Å². The zero-order valence-corrected chi connectivity index (χ0v) is 9.19. The molecule has 0 N–H and O–H groups in total. The van der Waals surface area contributed by atoms with E-state index in [4.69, 9.17) is 11.8 Å². The van der Waals surface area contributed by atoms with E-state index < -0.39 is 0 Å². The number of halogens is 1. The molecular weight excluding hydrogens is 222 g/mol. The number of anilines is 1. The van der Waals surface area contributed by atoms with E-state index in [2.05, 4.69) is 6.07 Å². The highest BCUT2D eigenvalue weighted by Crippen LogP contribution is 2.18. The molecule has 0 aliphatic heterocycles. The van der Waals surface area contributed by atoms with E-state index in [1.807, 2.05) is 18.2 Å². The van der Waals surface area contributed by atoms with Crippen LogP contribution in [0, 0.1) is 6.07 Å². The molecule has 0 aliphatic carbocycles. The molecule has 0 atom stereocenters. The molecule has 16 heavy (non-hydrogen) atoms. The van der Waals surface area contributed by atoms with Crippen molar-refractivity contribution in [2.75, 3.05) is 4.42 Å². The lowest BCUT2D eigenvalue weighted by Gasteiger charge is -2.13. The van der Waals surface area contributed by atoms with Crippen molar-refractivity contribution in [1.29, 1.82) is 0 Å². The fourth-order valence-corrected chi connectivity index (χ4v) is 1.53. The van der Waals surface area contributed by atoms with Crippen molar-refractivity contribution in [2.45, 2.75) is 0 Å². The molecule has 0 aromatic heterocycles. The quantitative estimate of drug-likeness (QED) is 0.725. The summed E-state index contributed by atoms with van der Waals surface area (Å²) in [6.07, 6.45) is 0. The van der Waals surface area contributed by atoms with Gasteiger partial charge in [0, 0.05) is 17.3 Å². The van der Waals surface area contributed by atoms with Crippen LogP contribution >= 0.6 is 11.8 Å². The number of nitrogens with zero attached hydrogens (tertiary/aromatic N) is 1. The van der Waals surface area contributed by atoms with Gasteiger partial charge in [0.05, 0.1) is 5.69 Å². The van der Waals surface area contributed by atoms with Gasteiger partial charge in [-0.05, 0) is 30.3 Å². The lowest BCUT2D eigenvalue weighted by molar-refractivity contribution is 0.101. The third kappa shape index (κ3) is 2.23. The molecule has 0 fully saturated rings. The maximum Gasteiger partial charge on any atom is 0.272 e. The minimum absolute atomic E-state index is 0.248. The number of hydrogen-bond donors (Lipinski definition) is 0. The first-order chi connectivity index (χ1) is 7.79. The van der Waals surface area contributed by atoms with Crippen molar-refractivity contribution in [3.8, 4) is 0 Å². The van der Waals surface area contributed by atoms with Crippen LogP contribution in [0.4, 0.5) is 5.69 Å². The van der Waals surface area contributed by atoms with E-state index >= 15 is 0 Å². The molecule has 0 heterocycles. The predicted octanol–water partition coefficient (Wildman–Crippen LogP) is 3.29. The number of para-hydroxylation sites is 1. The summed E-state index contributed by atoms with van der Waals surface area (Å²) < 4.78 is 1.11. The van der Waals surface area contributed by atoms with E-state index in [0.29, 0.717) is 11.3 Å². The van der Waals surface area contributed by atoms with Gasteiger partial charge in [0.25, 0.3) is 5.91 Å². The van der Waals surface area contributed by atoms with Crippen LogP contribution in [0.15, 0.2) is 54.6 Å². The van der Waals surface area contributed by atoms with Crippen molar-refractivity contribution in [1.82, 2.24) is 0 Å². The van der Waals surface area contributed by atoms with Crippen LogP contribution in [0.25, 0.3) is 0 Å². The maximum absolute atomic E-state index is 11.9. The lowest BCUT2D eigenvalue weighted by atomic mass is 10.2. The largest absolute Gasteiger partial charge is 0.272 e. The minimum atomic E-state index is -0.248. The number of amides is 1. The Morgan fingerprint density at radius 3 is 2.31 bits per heavy atom. The van der Waals surface area contributed by atoms with Gasteiger partial charge in [0.15, 0.2) is 0 Å². The summed E-state index contributed by atoms with van der Waals surface area (Å²) in [7, 11) is 0. The highest BCUT2D eigenvalue weighted by atomic mass is 35.5. The van der Waals surface area contributed by atoms with Crippen LogP contribution < -0.4 is 4.42 Å². The van der Waals surface area contributed by atoms with Crippen molar-refractivity contribution in [2.24, 2.45) is 0 Å². The summed E-state index contributed by atoms with van der Waals surface area (Å²) in [6, 6.07) is 18.7. The van der Waals surface area contributed by atoms with Gasteiger partial charge in [-0.25, -0.2) is 4.42 Å². The van der Waals surface area contributed by atoms with Gasteiger partial charge in [-0.2, -0.15) is 0 Å². The molecule has 1 amide bonds. The zero-order chi connectivity index (χ0) is 11.4. The smallest absolute Gasteiger partial charge is 0.267 e. The molecule has 3 heteroatoms. The second kappa shape index (κ2) is 4.81. The Morgan fingerprint density at radius 1 is 1.06 bits per heavy atom. The normalized spacial score (nSPS) is 9.81. The number of carbonyl (C=O) groups excluding carboxylic acids is 1. The van der Waals surface area contributed by atoms with Gasteiger partial charge < -0.3 is 0 Å². The van der Waals surface area contributed by atoms with Gasteiger partial charge in [0.2, 0.25) is 0 Å². The van der Waals surface area contributed by atoms with Crippen molar-refractivity contribution in [3.63, 3.8) is 0 Å². The van der Waals surface area contributed by atoms with Gasteiger partial charge in [0.1, 0.15) is 0 Å². The Hall–Kier alpha value is -1.80. The second-order valence-corrected chi connectivity index (χ2v) is 3.55. The molecule has 0 spiro atoms. The zero-order valence-electron chi connectivity index (χ0n) is 8.43. The average molecular weight is 231 g/mol. The number of hydrogen-bond acceptors (Lipinski definition) is 1. The van der Waals surface area contributed by atoms with E-state index in [1.165, 1.54) is 0 Å². The summed E-state index contributed by atoms with van der Waals surface area (Å²) in [5.74, 6) is -0.248. The first-order valence-electron chi connectivity index (χ1n) is 4.80. The molecule has 0 unspecified atom stereocenters. The standard InChI is InChI=1S/C13H9ClNO/c14-15(12-9-5-2-6-10-12)13(16)11-7-3-1-4-8-11/h2-10H. The van der Waals surface area contributed by atoms with E-state index in [0.717, 1.165) is 4.42 Å². The first kappa shape index (κ1) is 10.7. The topological polar surface area (TPSA) is 20.3 Å². The Labute approximate surface area is 99.2 Å². The highest BCUT2D eigenvalue weighted by molar-refractivity contribution is 6.39. The summed E-state index contributed by atoms with van der Waals surface area (Å²) in [5.41, 5.74) is 1.19. The fourth-order valence-electron chi connectivity index (χ4n) is 1.32.